The molecule has 4 aromatic carbocycles. The molecule has 6 aliphatic rings. The van der Waals surface area contributed by atoms with Crippen LogP contribution in [-0.2, 0) is 54.3 Å². The number of amidine groups is 1. The highest BCUT2D eigenvalue weighted by atomic mass is 32.2. The Hall–Kier alpha value is -5.94. The third-order valence-corrected chi connectivity index (χ3v) is 12.1. The molecular formula is C43H51N9O6S. The first kappa shape index (κ1) is 42.7. The van der Waals surface area contributed by atoms with Crippen LogP contribution in [0.15, 0.2) is 103 Å². The number of benzene rings is 4. The number of nitrogen functional groups attached to an aromatic ring is 1. The highest BCUT2D eigenvalue weighted by Crippen LogP contribution is 2.18. The Kier molecular flexibility index (Phi) is 13.9. The van der Waals surface area contributed by atoms with E-state index >= 15 is 0 Å². The molecule has 10 rings (SSSR count). The molecule has 6 aliphatic heterocycles. The standard InChI is InChI=1S/C43H51N9O6S/c1-28-40(53)47-35-16-10-30(11-17-35)24-37(42(55)46-26-32-8-14-34(15-9-32)39(44)45)49-43(56)38(50-59(57,58)27-33-6-4-3-5-7-33)25-31-12-18-36(19-13-31)48-41(54)29(2)52-22-20-51(28)21-23-52/h3-19,28-29,37-38,50H,20-27H2,1-2H3,(H3,44,45)(H,46,55)(H,47,53)(H,48,54)(H,49,56)/t28-,29-,37-,38+/m0/s1. The van der Waals surface area contributed by atoms with Crippen LogP contribution in [-0.4, -0.2) is 98.0 Å². The lowest BCUT2D eigenvalue weighted by Crippen LogP contribution is -2.56. The van der Waals surface area contributed by atoms with Gasteiger partial charge in [0.15, 0.2) is 0 Å². The van der Waals surface area contributed by atoms with Gasteiger partial charge < -0.3 is 27.0 Å². The van der Waals surface area contributed by atoms with Crippen molar-refractivity contribution in [3.05, 3.63) is 131 Å². The Morgan fingerprint density at radius 2 is 1.22 bits per heavy atom. The zero-order valence-electron chi connectivity index (χ0n) is 33.1. The molecule has 4 atom stereocenters. The van der Waals surface area contributed by atoms with Crippen LogP contribution < -0.4 is 31.7 Å². The summed E-state index contributed by atoms with van der Waals surface area (Å²) in [5, 5.41) is 19.3. The average molecular weight is 822 g/mol. The maximum absolute atomic E-state index is 14.3. The third kappa shape index (κ3) is 11.8. The van der Waals surface area contributed by atoms with Gasteiger partial charge in [0.2, 0.25) is 33.7 Å². The van der Waals surface area contributed by atoms with Crippen molar-refractivity contribution in [1.29, 1.82) is 5.41 Å². The van der Waals surface area contributed by atoms with Crippen LogP contribution in [0.3, 0.4) is 0 Å². The fourth-order valence-electron chi connectivity index (χ4n) is 7.09. The van der Waals surface area contributed by atoms with E-state index in [0.29, 0.717) is 59.8 Å². The van der Waals surface area contributed by atoms with Crippen molar-refractivity contribution >= 4 is 50.9 Å². The lowest BCUT2D eigenvalue weighted by molar-refractivity contribution is -0.129. The summed E-state index contributed by atoms with van der Waals surface area (Å²) in [5.41, 5.74) is 9.78. The van der Waals surface area contributed by atoms with Crippen LogP contribution in [0, 0.1) is 5.41 Å². The van der Waals surface area contributed by atoms with Gasteiger partial charge in [-0.3, -0.25) is 34.4 Å². The third-order valence-electron chi connectivity index (χ3n) is 10.7. The van der Waals surface area contributed by atoms with Crippen molar-refractivity contribution in [1.82, 2.24) is 25.2 Å². The lowest BCUT2D eigenvalue weighted by atomic mass is 10.0. The Bertz CT molecular complexity index is 2230. The monoisotopic (exact) mass is 821 g/mol. The van der Waals surface area contributed by atoms with Crippen LogP contribution in [0.25, 0.3) is 0 Å². The number of piperazine rings is 1. The molecule has 1 saturated heterocycles. The summed E-state index contributed by atoms with van der Waals surface area (Å²) in [7, 11) is -4.06. The lowest BCUT2D eigenvalue weighted by Gasteiger charge is -2.39. The first-order valence-corrected chi connectivity index (χ1v) is 21.2. The number of hydrogen-bond acceptors (Lipinski definition) is 9. The summed E-state index contributed by atoms with van der Waals surface area (Å²) in [6, 6.07) is 25.9. The van der Waals surface area contributed by atoms with Gasteiger partial charge in [-0.2, -0.15) is 0 Å². The quantitative estimate of drug-likeness (QED) is 0.102. The molecule has 6 bridgehead atoms. The van der Waals surface area contributed by atoms with Crippen LogP contribution in [0.5, 0.6) is 0 Å². The van der Waals surface area contributed by atoms with E-state index in [1.54, 1.807) is 103 Å². The molecule has 0 aliphatic carbocycles. The molecule has 4 amide bonds. The minimum absolute atomic E-state index is 0.0477. The number of nitrogens with one attached hydrogen (secondary N) is 6. The first-order chi connectivity index (χ1) is 28.2. The second-order valence-corrected chi connectivity index (χ2v) is 16.8. The predicted octanol–water partition coefficient (Wildman–Crippen LogP) is 2.33. The fraction of sp³-hybridized carbons (Fsp3) is 0.326. The van der Waals surface area contributed by atoms with Crippen molar-refractivity contribution in [3.63, 3.8) is 0 Å². The van der Waals surface area contributed by atoms with E-state index in [1.165, 1.54) is 0 Å². The van der Waals surface area contributed by atoms with E-state index in [9.17, 15) is 27.6 Å². The molecule has 310 valence electrons. The van der Waals surface area contributed by atoms with E-state index in [2.05, 4.69) is 35.8 Å². The van der Waals surface area contributed by atoms with Crippen LogP contribution in [0.2, 0.25) is 0 Å². The maximum Gasteiger partial charge on any atom is 0.243 e. The minimum atomic E-state index is -4.06. The normalized spacial score (nSPS) is 23.1. The predicted molar refractivity (Wildman–Crippen MR) is 227 cm³/mol. The number of carbonyl (C=O) groups excluding carboxylic acids is 4. The number of nitrogens with zero attached hydrogens (tertiary/aromatic N) is 2. The summed E-state index contributed by atoms with van der Waals surface area (Å²) in [6.07, 6.45) is -0.00945. The number of fused-ring (bicyclic) bond motifs is 1. The van der Waals surface area contributed by atoms with Crippen LogP contribution in [0.4, 0.5) is 11.4 Å². The van der Waals surface area contributed by atoms with Gasteiger partial charge in [-0.25, -0.2) is 13.1 Å². The Morgan fingerprint density at radius 1 is 0.712 bits per heavy atom. The van der Waals surface area contributed by atoms with Crippen LogP contribution in [0.1, 0.15) is 41.7 Å². The summed E-state index contributed by atoms with van der Waals surface area (Å²) in [4.78, 5) is 59.0. The van der Waals surface area contributed by atoms with Gasteiger partial charge in [-0.1, -0.05) is 78.9 Å². The molecule has 0 unspecified atom stereocenters. The molecule has 59 heavy (non-hydrogen) atoms. The maximum atomic E-state index is 14.3. The van der Waals surface area contributed by atoms with Gasteiger partial charge in [0.05, 0.1) is 17.8 Å². The molecule has 0 radical (unpaired) electrons. The number of rotatable bonds is 8. The summed E-state index contributed by atoms with van der Waals surface area (Å²) in [6.45, 7) is 6.21. The SMILES string of the molecule is C[C@H]1C(=O)Nc2ccc(cc2)C[C@@H](C(=O)NCc2ccc(C(=N)N)cc2)NC(=O)[C@H](NS(=O)(=O)Cc2ccccc2)Cc2ccc(cc2)NC(=O)[C@H](C)N2CCN1CC2. The van der Waals surface area contributed by atoms with Crippen molar-refractivity contribution < 1.29 is 27.6 Å². The zero-order valence-corrected chi connectivity index (χ0v) is 33.9. The largest absolute Gasteiger partial charge is 0.384 e. The molecule has 0 spiro atoms. The highest BCUT2D eigenvalue weighted by molar-refractivity contribution is 7.88. The van der Waals surface area contributed by atoms with E-state index in [-0.39, 0.29) is 42.8 Å². The van der Waals surface area contributed by atoms with Gasteiger partial charge >= 0.3 is 0 Å². The second kappa shape index (κ2) is 19.2. The van der Waals surface area contributed by atoms with Crippen LogP contribution >= 0.6 is 0 Å². The van der Waals surface area contributed by atoms with Crippen molar-refractivity contribution in [2.45, 2.75) is 63.2 Å². The highest BCUT2D eigenvalue weighted by Gasteiger charge is 2.32. The van der Waals surface area contributed by atoms with E-state index in [4.69, 9.17) is 11.1 Å². The van der Waals surface area contributed by atoms with E-state index in [0.717, 1.165) is 5.56 Å². The molecule has 0 aromatic heterocycles. The summed E-state index contributed by atoms with van der Waals surface area (Å²) < 4.78 is 29.7. The Balaban J connectivity index is 1.30. The molecule has 16 heteroatoms. The topological polar surface area (TPSA) is 219 Å². The first-order valence-electron chi connectivity index (χ1n) is 19.6. The molecule has 4 aromatic rings. The Labute approximate surface area is 344 Å². The molecule has 6 heterocycles. The number of anilines is 2. The van der Waals surface area contributed by atoms with Gasteiger partial charge in [0, 0.05) is 56.1 Å². The van der Waals surface area contributed by atoms with Gasteiger partial charge in [0.1, 0.15) is 17.9 Å². The van der Waals surface area contributed by atoms with E-state index in [1.807, 2.05) is 13.8 Å². The molecule has 0 saturated carbocycles. The average Bonchev–Trinajstić information content (AvgIpc) is 3.23. The zero-order chi connectivity index (χ0) is 42.1. The summed E-state index contributed by atoms with van der Waals surface area (Å²) >= 11 is 0. The number of hydrogen-bond donors (Lipinski definition) is 7. The molecule has 15 nitrogen and oxygen atoms in total. The van der Waals surface area contributed by atoms with Gasteiger partial charge in [-0.05, 0) is 66.8 Å². The smallest absolute Gasteiger partial charge is 0.243 e. The molecular weight excluding hydrogens is 771 g/mol. The number of amides is 4. The van der Waals surface area contributed by atoms with E-state index < -0.39 is 46.0 Å². The molecule has 1 fully saturated rings. The van der Waals surface area contributed by atoms with Gasteiger partial charge in [0.25, 0.3) is 0 Å². The summed E-state index contributed by atoms with van der Waals surface area (Å²) in [5.74, 6) is -2.07. The number of sulfonamides is 1. The second-order valence-electron chi connectivity index (χ2n) is 15.0. The Morgan fingerprint density at radius 3 is 1.73 bits per heavy atom. The van der Waals surface area contributed by atoms with Gasteiger partial charge in [-0.15, -0.1) is 0 Å². The van der Waals surface area contributed by atoms with Crippen molar-refractivity contribution in [2.24, 2.45) is 5.73 Å². The molecule has 8 N–H and O–H groups in total. The number of carbonyl (C=O) groups is 4. The van der Waals surface area contributed by atoms with Crippen molar-refractivity contribution in [2.75, 3.05) is 36.8 Å². The number of nitrogens with two attached hydrogens (primary N) is 1. The fourth-order valence-corrected chi connectivity index (χ4v) is 8.43. The van der Waals surface area contributed by atoms with Crippen molar-refractivity contribution in [3.8, 4) is 0 Å². The minimum Gasteiger partial charge on any atom is -0.384 e.